The van der Waals surface area contributed by atoms with E-state index in [0.717, 1.165) is 16.0 Å². The van der Waals surface area contributed by atoms with Crippen LogP contribution in [0.15, 0.2) is 24.3 Å². The SMILES string of the molecule is Cc1ccc(O[C@H](C)C(=O)Nc2sc(C)c(C)c2C(N)=O)cc1. The Morgan fingerprint density at radius 2 is 1.78 bits per heavy atom. The maximum Gasteiger partial charge on any atom is 0.265 e. The fourth-order valence-corrected chi connectivity index (χ4v) is 3.17. The highest BCUT2D eigenvalue weighted by Gasteiger charge is 2.22. The third kappa shape index (κ3) is 3.90. The zero-order valence-corrected chi connectivity index (χ0v) is 14.4. The quantitative estimate of drug-likeness (QED) is 0.882. The third-order valence-electron chi connectivity index (χ3n) is 3.57. The van der Waals surface area contributed by atoms with Gasteiger partial charge in [-0.15, -0.1) is 11.3 Å². The number of anilines is 1. The molecule has 3 N–H and O–H groups in total. The highest BCUT2D eigenvalue weighted by molar-refractivity contribution is 7.16. The summed E-state index contributed by atoms with van der Waals surface area (Å²) in [6.45, 7) is 7.33. The first-order valence-corrected chi connectivity index (χ1v) is 8.05. The molecule has 0 fully saturated rings. The van der Waals surface area contributed by atoms with Gasteiger partial charge in [-0.1, -0.05) is 17.7 Å². The summed E-state index contributed by atoms with van der Waals surface area (Å²) in [6, 6.07) is 7.45. The lowest BCUT2D eigenvalue weighted by Crippen LogP contribution is -2.30. The van der Waals surface area contributed by atoms with Gasteiger partial charge in [0.2, 0.25) is 0 Å². The molecule has 2 aromatic rings. The molecule has 0 spiro atoms. The maximum absolute atomic E-state index is 12.3. The molecule has 2 amide bonds. The van der Waals surface area contributed by atoms with Gasteiger partial charge in [-0.05, 0) is 45.4 Å². The van der Waals surface area contributed by atoms with Crippen LogP contribution in [0.5, 0.6) is 5.75 Å². The molecule has 0 bridgehead atoms. The van der Waals surface area contributed by atoms with Gasteiger partial charge in [-0.3, -0.25) is 9.59 Å². The van der Waals surface area contributed by atoms with Crippen LogP contribution in [-0.2, 0) is 4.79 Å². The molecule has 122 valence electrons. The van der Waals surface area contributed by atoms with E-state index in [1.54, 1.807) is 6.92 Å². The van der Waals surface area contributed by atoms with Crippen LogP contribution in [0.25, 0.3) is 0 Å². The summed E-state index contributed by atoms with van der Waals surface area (Å²) < 4.78 is 5.62. The van der Waals surface area contributed by atoms with Crippen molar-refractivity contribution in [1.29, 1.82) is 0 Å². The van der Waals surface area contributed by atoms with Crippen molar-refractivity contribution < 1.29 is 14.3 Å². The van der Waals surface area contributed by atoms with Crippen LogP contribution in [0, 0.1) is 20.8 Å². The summed E-state index contributed by atoms with van der Waals surface area (Å²) in [7, 11) is 0. The molecule has 2 rings (SSSR count). The second-order valence-electron chi connectivity index (χ2n) is 5.41. The van der Waals surface area contributed by atoms with E-state index in [2.05, 4.69) is 5.32 Å². The first kappa shape index (κ1) is 17.0. The predicted molar refractivity (Wildman–Crippen MR) is 92.2 cm³/mol. The van der Waals surface area contributed by atoms with Gasteiger partial charge in [-0.25, -0.2) is 0 Å². The molecule has 0 saturated carbocycles. The van der Waals surface area contributed by atoms with Crippen molar-refractivity contribution >= 4 is 28.2 Å². The molecule has 0 aliphatic heterocycles. The van der Waals surface area contributed by atoms with E-state index in [4.69, 9.17) is 10.5 Å². The zero-order valence-electron chi connectivity index (χ0n) is 13.6. The van der Waals surface area contributed by atoms with Crippen molar-refractivity contribution in [3.8, 4) is 5.75 Å². The van der Waals surface area contributed by atoms with Crippen LogP contribution in [0.4, 0.5) is 5.00 Å². The van der Waals surface area contributed by atoms with Gasteiger partial charge in [-0.2, -0.15) is 0 Å². The van der Waals surface area contributed by atoms with Gasteiger partial charge in [0.05, 0.1) is 5.56 Å². The van der Waals surface area contributed by atoms with Crippen LogP contribution in [0.1, 0.15) is 33.3 Å². The first-order valence-electron chi connectivity index (χ1n) is 7.23. The fraction of sp³-hybridized carbons (Fsp3) is 0.294. The van der Waals surface area contributed by atoms with E-state index in [1.807, 2.05) is 45.0 Å². The third-order valence-corrected chi connectivity index (χ3v) is 4.69. The molecule has 1 aromatic carbocycles. The van der Waals surface area contributed by atoms with Crippen molar-refractivity contribution in [3.05, 3.63) is 45.8 Å². The molecule has 0 radical (unpaired) electrons. The molecule has 0 saturated heterocycles. The van der Waals surface area contributed by atoms with E-state index < -0.39 is 12.0 Å². The monoisotopic (exact) mass is 332 g/mol. The standard InChI is InChI=1S/C17H20N2O3S/c1-9-5-7-13(8-6-9)22-11(3)16(21)19-17-14(15(18)20)10(2)12(4)23-17/h5-8,11H,1-4H3,(H2,18,20)(H,19,21)/t11-/m1/s1. The van der Waals surface area contributed by atoms with E-state index in [0.29, 0.717) is 16.3 Å². The molecule has 23 heavy (non-hydrogen) atoms. The summed E-state index contributed by atoms with van der Waals surface area (Å²) >= 11 is 1.33. The number of nitrogens with two attached hydrogens (primary N) is 1. The molecule has 0 aliphatic rings. The number of hydrogen-bond donors (Lipinski definition) is 2. The molecule has 1 atom stereocenters. The summed E-state index contributed by atoms with van der Waals surface area (Å²) in [4.78, 5) is 24.8. The number of carbonyl (C=O) groups is 2. The minimum Gasteiger partial charge on any atom is -0.481 e. The van der Waals surface area contributed by atoms with E-state index >= 15 is 0 Å². The normalized spacial score (nSPS) is 11.8. The molecule has 0 unspecified atom stereocenters. The van der Waals surface area contributed by atoms with Gasteiger partial charge < -0.3 is 15.8 Å². The number of ether oxygens (including phenoxy) is 1. The molecule has 1 heterocycles. The van der Waals surface area contributed by atoms with Crippen LogP contribution in [-0.4, -0.2) is 17.9 Å². The number of nitrogens with one attached hydrogen (secondary N) is 1. The Labute approximate surface area is 139 Å². The van der Waals surface area contributed by atoms with Crippen molar-refractivity contribution in [2.75, 3.05) is 5.32 Å². The Morgan fingerprint density at radius 3 is 2.35 bits per heavy atom. The molecular weight excluding hydrogens is 312 g/mol. The summed E-state index contributed by atoms with van der Waals surface area (Å²) in [5, 5.41) is 3.21. The van der Waals surface area contributed by atoms with Crippen molar-refractivity contribution in [1.82, 2.24) is 0 Å². The smallest absolute Gasteiger partial charge is 0.265 e. The number of carbonyl (C=O) groups excluding carboxylic acids is 2. The number of amides is 2. The molecule has 6 heteroatoms. The second kappa shape index (κ2) is 6.83. The molecule has 1 aromatic heterocycles. The average Bonchev–Trinajstić information content (AvgIpc) is 2.76. The first-order chi connectivity index (χ1) is 10.8. The van der Waals surface area contributed by atoms with Crippen LogP contribution < -0.4 is 15.8 Å². The zero-order chi connectivity index (χ0) is 17.1. The Balaban J connectivity index is 2.11. The van der Waals surface area contributed by atoms with E-state index in [9.17, 15) is 9.59 Å². The van der Waals surface area contributed by atoms with Crippen LogP contribution >= 0.6 is 11.3 Å². The van der Waals surface area contributed by atoms with Gasteiger partial charge in [0, 0.05) is 4.88 Å². The summed E-state index contributed by atoms with van der Waals surface area (Å²) in [6.07, 6.45) is -0.693. The average molecular weight is 332 g/mol. The Kier molecular flexibility index (Phi) is 5.05. The fourth-order valence-electron chi connectivity index (χ4n) is 2.10. The molecule has 0 aliphatic carbocycles. The van der Waals surface area contributed by atoms with Gasteiger partial charge in [0.15, 0.2) is 6.10 Å². The Bertz CT molecular complexity index is 735. The second-order valence-corrected chi connectivity index (χ2v) is 6.64. The highest BCUT2D eigenvalue weighted by atomic mass is 32.1. The van der Waals surface area contributed by atoms with Gasteiger partial charge >= 0.3 is 0 Å². The minimum atomic E-state index is -0.693. The Hall–Kier alpha value is -2.34. The summed E-state index contributed by atoms with van der Waals surface area (Å²) in [5.41, 5.74) is 7.68. The van der Waals surface area contributed by atoms with Crippen molar-refractivity contribution in [3.63, 3.8) is 0 Å². The maximum atomic E-state index is 12.3. The predicted octanol–water partition coefficient (Wildman–Crippen LogP) is 3.18. The lowest BCUT2D eigenvalue weighted by molar-refractivity contribution is -0.122. The number of thiophene rings is 1. The topological polar surface area (TPSA) is 81.4 Å². The van der Waals surface area contributed by atoms with Crippen LogP contribution in [0.2, 0.25) is 0 Å². The largest absolute Gasteiger partial charge is 0.481 e. The summed E-state index contributed by atoms with van der Waals surface area (Å²) in [5.74, 6) is -0.254. The highest BCUT2D eigenvalue weighted by Crippen LogP contribution is 2.32. The van der Waals surface area contributed by atoms with Crippen LogP contribution in [0.3, 0.4) is 0 Å². The number of primary amides is 1. The molecular formula is C17H20N2O3S. The number of aryl methyl sites for hydroxylation is 2. The number of hydrogen-bond acceptors (Lipinski definition) is 4. The van der Waals surface area contributed by atoms with Crippen molar-refractivity contribution in [2.45, 2.75) is 33.8 Å². The van der Waals surface area contributed by atoms with Gasteiger partial charge in [0.1, 0.15) is 10.8 Å². The Morgan fingerprint density at radius 1 is 1.17 bits per heavy atom. The number of rotatable bonds is 5. The van der Waals surface area contributed by atoms with Gasteiger partial charge in [0.25, 0.3) is 11.8 Å². The van der Waals surface area contributed by atoms with Crippen molar-refractivity contribution in [2.24, 2.45) is 5.73 Å². The lowest BCUT2D eigenvalue weighted by atomic mass is 10.1. The van der Waals surface area contributed by atoms with E-state index in [-0.39, 0.29) is 5.91 Å². The number of benzene rings is 1. The van der Waals surface area contributed by atoms with E-state index in [1.165, 1.54) is 11.3 Å². The minimum absolute atomic E-state index is 0.325. The lowest BCUT2D eigenvalue weighted by Gasteiger charge is -2.14. The molecule has 5 nitrogen and oxygen atoms in total.